The van der Waals surface area contributed by atoms with Gasteiger partial charge in [-0.05, 0) is 43.7 Å². The molecular weight excluding hydrogens is 349 g/mol. The maximum Gasteiger partial charge on any atom is 0.274 e. The zero-order chi connectivity index (χ0) is 17.7. The Morgan fingerprint density at radius 2 is 1.75 bits per heavy atom. The Bertz CT molecular complexity index is 765. The Hall–Kier alpha value is -2.11. The largest absolute Gasteiger partial charge is 0.348 e. The van der Waals surface area contributed by atoms with Crippen molar-refractivity contribution in [3.8, 4) is 0 Å². The van der Waals surface area contributed by atoms with Crippen molar-refractivity contribution in [2.24, 2.45) is 0 Å². The normalized spacial score (nSPS) is 11.7. The van der Waals surface area contributed by atoms with E-state index in [2.05, 4.69) is 15.6 Å². The van der Waals surface area contributed by atoms with E-state index in [1.165, 1.54) is 6.07 Å². The molecule has 1 heterocycles. The zero-order valence-corrected chi connectivity index (χ0v) is 14.8. The molecule has 0 aliphatic rings. The molecule has 0 aliphatic heterocycles. The lowest BCUT2D eigenvalue weighted by Gasteiger charge is -2.11. The molecule has 1 unspecified atom stereocenters. The van der Waals surface area contributed by atoms with Crippen molar-refractivity contribution in [2.75, 3.05) is 5.32 Å². The highest BCUT2D eigenvalue weighted by atomic mass is 35.5. The second-order valence-electron chi connectivity index (χ2n) is 5.27. The van der Waals surface area contributed by atoms with Crippen LogP contribution in [-0.4, -0.2) is 22.8 Å². The van der Waals surface area contributed by atoms with Crippen LogP contribution in [0.3, 0.4) is 0 Å². The number of amides is 2. The predicted octanol–water partition coefficient (Wildman–Crippen LogP) is 4.17. The summed E-state index contributed by atoms with van der Waals surface area (Å²) in [5, 5.41) is 6.21. The molecule has 0 spiro atoms. The third-order valence-corrected chi connectivity index (χ3v) is 4.12. The van der Waals surface area contributed by atoms with Gasteiger partial charge >= 0.3 is 0 Å². The van der Waals surface area contributed by atoms with Gasteiger partial charge in [0.2, 0.25) is 0 Å². The number of pyridine rings is 1. The summed E-state index contributed by atoms with van der Waals surface area (Å²) in [6.45, 7) is 3.87. The van der Waals surface area contributed by atoms with Crippen molar-refractivity contribution < 1.29 is 9.59 Å². The Balaban J connectivity index is 2.13. The van der Waals surface area contributed by atoms with Gasteiger partial charge in [-0.2, -0.15) is 0 Å². The van der Waals surface area contributed by atoms with Gasteiger partial charge < -0.3 is 10.6 Å². The number of nitrogens with zero attached hydrogens (tertiary/aromatic N) is 1. The van der Waals surface area contributed by atoms with Gasteiger partial charge in [0.25, 0.3) is 11.8 Å². The van der Waals surface area contributed by atoms with Crippen molar-refractivity contribution in [3.05, 3.63) is 57.8 Å². The van der Waals surface area contributed by atoms with Gasteiger partial charge in [0.15, 0.2) is 0 Å². The van der Waals surface area contributed by atoms with E-state index in [-0.39, 0.29) is 23.3 Å². The third kappa shape index (κ3) is 4.69. The summed E-state index contributed by atoms with van der Waals surface area (Å²) < 4.78 is 0. The predicted molar refractivity (Wildman–Crippen MR) is 95.9 cm³/mol. The Morgan fingerprint density at radius 1 is 1.08 bits per heavy atom. The van der Waals surface area contributed by atoms with Gasteiger partial charge in [-0.15, -0.1) is 0 Å². The van der Waals surface area contributed by atoms with Crippen LogP contribution in [0.15, 0.2) is 36.4 Å². The fourth-order valence-electron chi connectivity index (χ4n) is 1.86. The molecule has 0 saturated carbocycles. The van der Waals surface area contributed by atoms with E-state index >= 15 is 0 Å². The van der Waals surface area contributed by atoms with Crippen LogP contribution in [0.4, 0.5) is 5.69 Å². The third-order valence-electron chi connectivity index (χ3n) is 3.38. The topological polar surface area (TPSA) is 71.1 Å². The number of carbonyl (C=O) groups excluding carboxylic acids is 2. The SMILES string of the molecule is CCC(C)NC(=O)c1cccc(C(=O)Nc2ccc(Cl)c(Cl)c2)n1. The van der Waals surface area contributed by atoms with Gasteiger partial charge in [0, 0.05) is 11.7 Å². The Morgan fingerprint density at radius 3 is 2.38 bits per heavy atom. The minimum Gasteiger partial charge on any atom is -0.348 e. The fraction of sp³-hybridized carbons (Fsp3) is 0.235. The molecule has 5 nitrogen and oxygen atoms in total. The smallest absolute Gasteiger partial charge is 0.274 e. The first-order valence-corrected chi connectivity index (χ1v) is 8.20. The van der Waals surface area contributed by atoms with E-state index in [0.717, 1.165) is 6.42 Å². The second-order valence-corrected chi connectivity index (χ2v) is 6.09. The molecule has 0 radical (unpaired) electrons. The first kappa shape index (κ1) is 18.2. The number of aromatic nitrogens is 1. The van der Waals surface area contributed by atoms with Crippen molar-refractivity contribution in [1.82, 2.24) is 10.3 Å². The minimum atomic E-state index is -0.438. The molecule has 0 aliphatic carbocycles. The molecule has 0 saturated heterocycles. The quantitative estimate of drug-likeness (QED) is 0.834. The van der Waals surface area contributed by atoms with E-state index in [1.54, 1.807) is 30.3 Å². The summed E-state index contributed by atoms with van der Waals surface area (Å²) in [5.74, 6) is -0.750. The minimum absolute atomic E-state index is 0.0352. The van der Waals surface area contributed by atoms with E-state index in [4.69, 9.17) is 23.2 Å². The van der Waals surface area contributed by atoms with Crippen molar-refractivity contribution >= 4 is 40.7 Å². The van der Waals surface area contributed by atoms with Crippen LogP contribution in [0, 0.1) is 0 Å². The highest BCUT2D eigenvalue weighted by Gasteiger charge is 2.14. The van der Waals surface area contributed by atoms with E-state index < -0.39 is 5.91 Å². The van der Waals surface area contributed by atoms with Gasteiger partial charge in [0.1, 0.15) is 11.4 Å². The molecule has 126 valence electrons. The number of carbonyl (C=O) groups is 2. The Kier molecular flexibility index (Phi) is 6.17. The molecule has 24 heavy (non-hydrogen) atoms. The fourth-order valence-corrected chi connectivity index (χ4v) is 2.15. The van der Waals surface area contributed by atoms with Crippen LogP contribution >= 0.6 is 23.2 Å². The molecule has 7 heteroatoms. The number of rotatable bonds is 5. The molecule has 1 aromatic heterocycles. The zero-order valence-electron chi connectivity index (χ0n) is 13.3. The van der Waals surface area contributed by atoms with Crippen LogP contribution in [0.5, 0.6) is 0 Å². The first-order chi connectivity index (χ1) is 11.4. The van der Waals surface area contributed by atoms with Gasteiger partial charge in [-0.1, -0.05) is 36.2 Å². The molecule has 2 amide bonds. The lowest BCUT2D eigenvalue weighted by Crippen LogP contribution is -2.32. The van der Waals surface area contributed by atoms with Crippen LogP contribution in [0.1, 0.15) is 41.2 Å². The number of hydrogen-bond donors (Lipinski definition) is 2. The number of hydrogen-bond acceptors (Lipinski definition) is 3. The molecule has 2 aromatic rings. The van der Waals surface area contributed by atoms with Gasteiger partial charge in [-0.25, -0.2) is 4.98 Å². The number of benzene rings is 1. The van der Waals surface area contributed by atoms with E-state index in [9.17, 15) is 9.59 Å². The summed E-state index contributed by atoms with van der Waals surface area (Å²) >= 11 is 11.8. The van der Waals surface area contributed by atoms with Crippen LogP contribution < -0.4 is 10.6 Å². The number of anilines is 1. The molecule has 1 atom stereocenters. The lowest BCUT2D eigenvalue weighted by atomic mass is 10.2. The summed E-state index contributed by atoms with van der Waals surface area (Å²) in [6, 6.07) is 9.51. The monoisotopic (exact) mass is 365 g/mol. The van der Waals surface area contributed by atoms with Gasteiger partial charge in [-0.3, -0.25) is 9.59 Å². The molecule has 1 aromatic carbocycles. The molecule has 2 N–H and O–H groups in total. The molecule has 0 bridgehead atoms. The van der Waals surface area contributed by atoms with Crippen LogP contribution in [0.2, 0.25) is 10.0 Å². The number of nitrogens with one attached hydrogen (secondary N) is 2. The standard InChI is InChI=1S/C17H17Cl2N3O2/c1-3-10(2)20-16(23)14-5-4-6-15(22-14)17(24)21-11-7-8-12(18)13(19)9-11/h4-10H,3H2,1-2H3,(H,20,23)(H,21,24). The van der Waals surface area contributed by atoms with Crippen LogP contribution in [-0.2, 0) is 0 Å². The number of halogens is 2. The lowest BCUT2D eigenvalue weighted by molar-refractivity contribution is 0.0934. The molecule has 2 rings (SSSR count). The highest BCUT2D eigenvalue weighted by molar-refractivity contribution is 6.42. The Labute approximate surface area is 150 Å². The molecule has 0 fully saturated rings. The summed E-state index contributed by atoms with van der Waals surface area (Å²) in [5.41, 5.74) is 0.820. The van der Waals surface area contributed by atoms with Crippen molar-refractivity contribution in [2.45, 2.75) is 26.3 Å². The summed E-state index contributed by atoms with van der Waals surface area (Å²) in [7, 11) is 0. The maximum absolute atomic E-state index is 12.3. The second kappa shape index (κ2) is 8.13. The van der Waals surface area contributed by atoms with Crippen LogP contribution in [0.25, 0.3) is 0 Å². The van der Waals surface area contributed by atoms with E-state index in [1.807, 2.05) is 13.8 Å². The average molecular weight is 366 g/mol. The average Bonchev–Trinajstić information content (AvgIpc) is 2.58. The van der Waals surface area contributed by atoms with Crippen molar-refractivity contribution in [3.63, 3.8) is 0 Å². The van der Waals surface area contributed by atoms with E-state index in [0.29, 0.717) is 15.7 Å². The molecular formula is C17H17Cl2N3O2. The first-order valence-electron chi connectivity index (χ1n) is 7.45. The van der Waals surface area contributed by atoms with Gasteiger partial charge in [0.05, 0.1) is 10.0 Å². The summed E-state index contributed by atoms with van der Waals surface area (Å²) in [4.78, 5) is 28.5. The highest BCUT2D eigenvalue weighted by Crippen LogP contribution is 2.25. The maximum atomic E-state index is 12.3. The summed E-state index contributed by atoms with van der Waals surface area (Å²) in [6.07, 6.45) is 0.809. The van der Waals surface area contributed by atoms with Crippen molar-refractivity contribution in [1.29, 1.82) is 0 Å².